The lowest BCUT2D eigenvalue weighted by atomic mass is 10.1. The minimum absolute atomic E-state index is 0.0556. The molecule has 1 amide bonds. The largest absolute Gasteiger partial charge is 0.448 e. The number of nitrogens with one attached hydrogen (secondary N) is 1. The number of hydrogen-bond acceptors (Lipinski definition) is 5. The van der Waals surface area contributed by atoms with E-state index in [-0.39, 0.29) is 26.6 Å². The highest BCUT2D eigenvalue weighted by Gasteiger charge is 2.24. The molecule has 1 aromatic carbocycles. The van der Waals surface area contributed by atoms with Crippen LogP contribution in [0.25, 0.3) is 0 Å². The van der Waals surface area contributed by atoms with Crippen LogP contribution in [0.15, 0.2) is 30.3 Å². The topological polar surface area (TPSA) is 94.3 Å². The molecule has 2 rings (SSSR count). The van der Waals surface area contributed by atoms with Crippen molar-refractivity contribution in [2.75, 3.05) is 12.3 Å². The van der Waals surface area contributed by atoms with Crippen molar-refractivity contribution in [1.29, 1.82) is 0 Å². The summed E-state index contributed by atoms with van der Waals surface area (Å²) in [4.78, 5) is 28.0. The van der Waals surface area contributed by atoms with Crippen LogP contribution in [0.5, 0.6) is 0 Å². The van der Waals surface area contributed by atoms with Crippen molar-refractivity contribution in [2.24, 2.45) is 0 Å². The molecule has 0 spiro atoms. The molecule has 1 heterocycles. The number of nitrogens with two attached hydrogens (primary N) is 1. The van der Waals surface area contributed by atoms with Crippen molar-refractivity contribution in [3.63, 3.8) is 0 Å². The molecule has 0 aliphatic heterocycles. The summed E-state index contributed by atoms with van der Waals surface area (Å²) >= 11 is 17.5. The summed E-state index contributed by atoms with van der Waals surface area (Å²) < 4.78 is 5.08. The average molecular weight is 417 g/mol. The molecule has 0 bridgehead atoms. The molecule has 9 heteroatoms. The van der Waals surface area contributed by atoms with E-state index in [1.807, 2.05) is 30.3 Å². The Kier molecular flexibility index (Phi) is 7.08. The molecule has 0 radical (unpaired) electrons. The van der Waals surface area contributed by atoms with Crippen LogP contribution in [-0.2, 0) is 16.0 Å². The van der Waals surface area contributed by atoms with E-state index in [0.717, 1.165) is 5.56 Å². The van der Waals surface area contributed by atoms with E-state index in [2.05, 4.69) is 10.3 Å². The molecule has 3 N–H and O–H groups in total. The first-order valence-corrected chi connectivity index (χ1v) is 8.77. The van der Waals surface area contributed by atoms with Crippen LogP contribution in [0.3, 0.4) is 0 Å². The number of halogens is 3. The second-order valence-corrected chi connectivity index (χ2v) is 6.48. The summed E-state index contributed by atoms with van der Waals surface area (Å²) in [6.45, 7) is 1.84. The van der Waals surface area contributed by atoms with Crippen molar-refractivity contribution < 1.29 is 14.3 Å². The third-order valence-electron chi connectivity index (χ3n) is 3.47. The first kappa shape index (κ1) is 20.3. The van der Waals surface area contributed by atoms with Crippen LogP contribution in [-0.4, -0.2) is 29.5 Å². The monoisotopic (exact) mass is 415 g/mol. The van der Waals surface area contributed by atoms with Gasteiger partial charge in [0.05, 0.1) is 10.7 Å². The number of carbonyl (C=O) groups excluding carboxylic acids is 2. The number of hydrogen-bond donors (Lipinski definition) is 2. The number of amides is 1. The smallest absolute Gasteiger partial charge is 0.359 e. The highest BCUT2D eigenvalue weighted by molar-refractivity contribution is 6.46. The summed E-state index contributed by atoms with van der Waals surface area (Å²) in [7, 11) is 0. The van der Waals surface area contributed by atoms with Crippen molar-refractivity contribution in [3.8, 4) is 0 Å². The summed E-state index contributed by atoms with van der Waals surface area (Å²) in [6, 6.07) is 9.66. The van der Waals surface area contributed by atoms with Crippen molar-refractivity contribution >= 4 is 52.4 Å². The number of pyridine rings is 1. The molecule has 2 aromatic rings. The van der Waals surface area contributed by atoms with Gasteiger partial charge in [0.2, 0.25) is 0 Å². The van der Waals surface area contributed by atoms with Crippen LogP contribution in [0.4, 0.5) is 5.69 Å². The molecular weight excluding hydrogens is 401 g/mol. The first-order chi connectivity index (χ1) is 12.3. The second kappa shape index (κ2) is 9.07. The lowest BCUT2D eigenvalue weighted by Gasteiger charge is -2.14. The lowest BCUT2D eigenvalue weighted by molar-refractivity contribution is -0.129. The van der Waals surface area contributed by atoms with Crippen molar-refractivity contribution in [2.45, 2.75) is 19.4 Å². The lowest BCUT2D eigenvalue weighted by Crippen LogP contribution is -2.37. The maximum Gasteiger partial charge on any atom is 0.359 e. The van der Waals surface area contributed by atoms with Gasteiger partial charge in [0.25, 0.3) is 5.91 Å². The van der Waals surface area contributed by atoms with E-state index in [0.29, 0.717) is 13.0 Å². The van der Waals surface area contributed by atoms with Gasteiger partial charge in [0, 0.05) is 6.54 Å². The molecule has 0 fully saturated rings. The predicted octanol–water partition coefficient (Wildman–Crippen LogP) is 3.53. The number of nitrogen functional groups attached to an aromatic ring is 1. The average Bonchev–Trinajstić information content (AvgIpc) is 2.63. The second-order valence-electron chi connectivity index (χ2n) is 5.37. The number of benzene rings is 1. The van der Waals surface area contributed by atoms with Gasteiger partial charge in [-0.05, 0) is 18.9 Å². The van der Waals surface area contributed by atoms with Crippen molar-refractivity contribution in [1.82, 2.24) is 10.3 Å². The number of aromatic nitrogens is 1. The number of nitrogens with zero attached hydrogens (tertiary/aromatic N) is 1. The predicted molar refractivity (Wildman–Crippen MR) is 102 cm³/mol. The molecule has 1 atom stereocenters. The fourth-order valence-corrected chi connectivity index (χ4v) is 2.64. The van der Waals surface area contributed by atoms with E-state index in [4.69, 9.17) is 45.3 Å². The van der Waals surface area contributed by atoms with Gasteiger partial charge in [-0.2, -0.15) is 0 Å². The Morgan fingerprint density at radius 2 is 1.85 bits per heavy atom. The molecular formula is C17H16Cl3N3O3. The van der Waals surface area contributed by atoms with Crippen LogP contribution in [0.2, 0.25) is 15.2 Å². The number of esters is 1. The van der Waals surface area contributed by atoms with Gasteiger partial charge in [-0.3, -0.25) is 4.79 Å². The van der Waals surface area contributed by atoms with Crippen LogP contribution < -0.4 is 11.1 Å². The molecule has 6 nitrogen and oxygen atoms in total. The zero-order valence-corrected chi connectivity index (χ0v) is 16.0. The van der Waals surface area contributed by atoms with Gasteiger partial charge in [0.1, 0.15) is 5.02 Å². The summed E-state index contributed by atoms with van der Waals surface area (Å²) in [5.74, 6) is -1.37. The van der Waals surface area contributed by atoms with Gasteiger partial charge < -0.3 is 15.8 Å². The molecule has 0 saturated carbocycles. The molecule has 0 aliphatic carbocycles. The third-order valence-corrected chi connectivity index (χ3v) is 4.61. The Labute approximate surface area is 165 Å². The Bertz CT molecular complexity index is 816. The minimum Gasteiger partial charge on any atom is -0.448 e. The summed E-state index contributed by atoms with van der Waals surface area (Å²) in [5, 5.41) is 2.28. The molecule has 26 heavy (non-hydrogen) atoms. The number of anilines is 1. The third kappa shape index (κ3) is 5.00. The molecule has 1 aromatic heterocycles. The van der Waals surface area contributed by atoms with E-state index in [1.165, 1.54) is 6.92 Å². The Balaban J connectivity index is 1.93. The molecule has 138 valence electrons. The SMILES string of the molecule is CC(OC(=O)c1nc(Cl)c(Cl)c(N)c1Cl)C(=O)NCCc1ccccc1. The quantitative estimate of drug-likeness (QED) is 0.555. The standard InChI is InChI=1S/C17H16Cl3N3O3/c1-9(16(24)22-8-7-10-5-3-2-4-6-10)26-17(25)14-11(18)13(21)12(19)15(20)23-14/h2-6,9H,7-8H2,1H3,(H2,21,23)(H,22,24). The fraction of sp³-hybridized carbons (Fsp3) is 0.235. The maximum absolute atomic E-state index is 12.2. The first-order valence-electron chi connectivity index (χ1n) is 7.63. The molecule has 1 unspecified atom stereocenters. The van der Waals surface area contributed by atoms with E-state index in [1.54, 1.807) is 0 Å². The number of rotatable bonds is 6. The Morgan fingerprint density at radius 3 is 2.50 bits per heavy atom. The van der Waals surface area contributed by atoms with Crippen molar-refractivity contribution in [3.05, 3.63) is 56.8 Å². The van der Waals surface area contributed by atoms with Gasteiger partial charge in [-0.1, -0.05) is 65.1 Å². The molecule has 0 aliphatic rings. The molecule has 0 saturated heterocycles. The highest BCUT2D eigenvalue weighted by atomic mass is 35.5. The number of carbonyl (C=O) groups is 2. The van der Waals surface area contributed by atoms with Crippen LogP contribution >= 0.6 is 34.8 Å². The zero-order chi connectivity index (χ0) is 19.3. The van der Waals surface area contributed by atoms with Gasteiger partial charge in [0.15, 0.2) is 17.0 Å². The number of ether oxygens (including phenoxy) is 1. The van der Waals surface area contributed by atoms with Crippen LogP contribution in [0.1, 0.15) is 23.0 Å². The van der Waals surface area contributed by atoms with E-state index >= 15 is 0 Å². The van der Waals surface area contributed by atoms with Gasteiger partial charge in [-0.25, -0.2) is 9.78 Å². The van der Waals surface area contributed by atoms with Gasteiger partial charge >= 0.3 is 5.97 Å². The Morgan fingerprint density at radius 1 is 1.19 bits per heavy atom. The summed E-state index contributed by atoms with van der Waals surface area (Å²) in [6.07, 6.45) is -0.393. The van der Waals surface area contributed by atoms with E-state index in [9.17, 15) is 9.59 Å². The van der Waals surface area contributed by atoms with E-state index < -0.39 is 18.0 Å². The summed E-state index contributed by atoms with van der Waals surface area (Å²) in [5.41, 5.74) is 6.35. The Hall–Kier alpha value is -2.02. The van der Waals surface area contributed by atoms with Gasteiger partial charge in [-0.15, -0.1) is 0 Å². The normalized spacial score (nSPS) is 11.7. The fourth-order valence-electron chi connectivity index (χ4n) is 2.05. The maximum atomic E-state index is 12.2. The minimum atomic E-state index is -1.05. The highest BCUT2D eigenvalue weighted by Crippen LogP contribution is 2.34. The van der Waals surface area contributed by atoms with Crippen LogP contribution in [0, 0.1) is 0 Å². The zero-order valence-electron chi connectivity index (χ0n) is 13.8.